The lowest BCUT2D eigenvalue weighted by Crippen LogP contribution is -2.22. The Hall–Kier alpha value is -3.66. The first-order valence-electron chi connectivity index (χ1n) is 9.10. The predicted molar refractivity (Wildman–Crippen MR) is 99.2 cm³/mol. The van der Waals surface area contributed by atoms with Crippen molar-refractivity contribution in [2.75, 3.05) is 7.11 Å². The van der Waals surface area contributed by atoms with E-state index in [0.717, 1.165) is 23.4 Å². The normalized spacial score (nSPS) is 15.8. The second kappa shape index (κ2) is 7.30. The van der Waals surface area contributed by atoms with Gasteiger partial charge in [-0.1, -0.05) is 22.5 Å². The van der Waals surface area contributed by atoms with Gasteiger partial charge in [-0.25, -0.2) is 13.5 Å². The van der Waals surface area contributed by atoms with E-state index in [2.05, 4.69) is 20.5 Å². The van der Waals surface area contributed by atoms with Crippen LogP contribution in [0.25, 0.3) is 23.0 Å². The SMILES string of the molecule is COc1ccc([C@@H]2Cn3nnc(-c4nc(-c5ccc(F)c(F)c5)no4)c3CO2)cc1. The highest BCUT2D eigenvalue weighted by atomic mass is 19.2. The van der Waals surface area contributed by atoms with E-state index in [1.807, 2.05) is 24.3 Å². The molecule has 152 valence electrons. The van der Waals surface area contributed by atoms with Gasteiger partial charge in [-0.3, -0.25) is 0 Å². The van der Waals surface area contributed by atoms with E-state index in [1.54, 1.807) is 11.8 Å². The Bertz CT molecular complexity index is 1210. The summed E-state index contributed by atoms with van der Waals surface area (Å²) in [5.41, 5.74) is 2.38. The van der Waals surface area contributed by atoms with Crippen LogP contribution in [-0.4, -0.2) is 32.2 Å². The number of ether oxygens (including phenoxy) is 2. The number of hydrogen-bond donors (Lipinski definition) is 0. The summed E-state index contributed by atoms with van der Waals surface area (Å²) in [6.45, 7) is 0.723. The number of hydrogen-bond acceptors (Lipinski definition) is 7. The maximum atomic E-state index is 13.5. The standard InChI is InChI=1S/C20H15F2N5O3/c1-28-13-5-2-11(3-6-13)17-9-27-16(10-29-17)18(24-26-27)20-23-19(25-30-20)12-4-7-14(21)15(22)8-12/h2-8,17H,9-10H2,1H3/t17-/m0/s1. The fourth-order valence-electron chi connectivity index (χ4n) is 3.27. The molecule has 30 heavy (non-hydrogen) atoms. The summed E-state index contributed by atoms with van der Waals surface area (Å²) in [4.78, 5) is 4.25. The first-order chi connectivity index (χ1) is 14.6. The van der Waals surface area contributed by atoms with Crippen LogP contribution in [-0.2, 0) is 17.9 Å². The molecule has 1 aliphatic heterocycles. The molecule has 0 N–H and O–H groups in total. The molecule has 4 aromatic rings. The van der Waals surface area contributed by atoms with Crippen LogP contribution in [0.15, 0.2) is 47.0 Å². The molecule has 1 atom stereocenters. The van der Waals surface area contributed by atoms with Gasteiger partial charge >= 0.3 is 0 Å². The van der Waals surface area contributed by atoms with E-state index < -0.39 is 11.6 Å². The summed E-state index contributed by atoms with van der Waals surface area (Å²) in [5, 5.41) is 12.2. The number of nitrogens with zero attached hydrogens (tertiary/aromatic N) is 5. The van der Waals surface area contributed by atoms with Crippen molar-refractivity contribution in [1.82, 2.24) is 25.1 Å². The highest BCUT2D eigenvalue weighted by Crippen LogP contribution is 2.31. The Labute approximate surface area is 169 Å². The molecule has 0 spiro atoms. The first-order valence-corrected chi connectivity index (χ1v) is 9.10. The minimum absolute atomic E-state index is 0.124. The Morgan fingerprint density at radius 3 is 2.70 bits per heavy atom. The van der Waals surface area contributed by atoms with Gasteiger partial charge in [0.2, 0.25) is 5.82 Å². The van der Waals surface area contributed by atoms with Gasteiger partial charge in [0.25, 0.3) is 5.89 Å². The second-order valence-electron chi connectivity index (χ2n) is 6.69. The molecule has 0 unspecified atom stereocenters. The van der Waals surface area contributed by atoms with Crippen LogP contribution in [0.1, 0.15) is 17.4 Å². The lowest BCUT2D eigenvalue weighted by Gasteiger charge is -2.24. The van der Waals surface area contributed by atoms with Crippen LogP contribution in [0.4, 0.5) is 8.78 Å². The summed E-state index contributed by atoms with van der Waals surface area (Å²) in [7, 11) is 1.62. The monoisotopic (exact) mass is 411 g/mol. The molecule has 2 aromatic heterocycles. The molecule has 1 aliphatic rings. The number of aromatic nitrogens is 5. The number of benzene rings is 2. The maximum Gasteiger partial charge on any atom is 0.280 e. The minimum atomic E-state index is -0.988. The van der Waals surface area contributed by atoms with Gasteiger partial charge in [-0.05, 0) is 35.9 Å². The molecular weight excluding hydrogens is 396 g/mol. The van der Waals surface area contributed by atoms with E-state index in [-0.39, 0.29) is 24.4 Å². The summed E-state index contributed by atoms with van der Waals surface area (Å²) in [6.07, 6.45) is -0.182. The van der Waals surface area contributed by atoms with Gasteiger partial charge in [0.15, 0.2) is 17.3 Å². The molecule has 0 fully saturated rings. The molecule has 3 heterocycles. The van der Waals surface area contributed by atoms with Crippen molar-refractivity contribution >= 4 is 0 Å². The number of methoxy groups -OCH3 is 1. The fourth-order valence-corrected chi connectivity index (χ4v) is 3.27. The molecule has 0 bridgehead atoms. The summed E-state index contributed by atoms with van der Waals surface area (Å²) in [6, 6.07) is 11.0. The number of fused-ring (bicyclic) bond motifs is 1. The van der Waals surface area contributed by atoms with Crippen molar-refractivity contribution in [3.8, 4) is 28.7 Å². The molecule has 8 nitrogen and oxygen atoms in total. The van der Waals surface area contributed by atoms with Crippen LogP contribution in [0.3, 0.4) is 0 Å². The average molecular weight is 411 g/mol. The van der Waals surface area contributed by atoms with Crippen LogP contribution in [0.2, 0.25) is 0 Å². The molecule has 0 aliphatic carbocycles. The molecule has 0 amide bonds. The maximum absolute atomic E-state index is 13.5. The van der Waals surface area contributed by atoms with Crippen molar-refractivity contribution in [3.63, 3.8) is 0 Å². The van der Waals surface area contributed by atoms with Crippen molar-refractivity contribution in [2.24, 2.45) is 0 Å². The summed E-state index contributed by atoms with van der Waals surface area (Å²) < 4.78 is 44.8. The largest absolute Gasteiger partial charge is 0.497 e. The Morgan fingerprint density at radius 2 is 1.93 bits per heavy atom. The van der Waals surface area contributed by atoms with Crippen molar-refractivity contribution in [3.05, 3.63) is 65.4 Å². The fraction of sp³-hybridized carbons (Fsp3) is 0.200. The lowest BCUT2D eigenvalue weighted by molar-refractivity contribution is -0.00119. The highest BCUT2D eigenvalue weighted by Gasteiger charge is 2.28. The van der Waals surface area contributed by atoms with Gasteiger partial charge in [-0.15, -0.1) is 5.10 Å². The van der Waals surface area contributed by atoms with Gasteiger partial charge in [0, 0.05) is 5.56 Å². The third-order valence-corrected chi connectivity index (χ3v) is 4.89. The van der Waals surface area contributed by atoms with E-state index in [4.69, 9.17) is 14.0 Å². The molecule has 0 radical (unpaired) electrons. The third kappa shape index (κ3) is 3.20. The molecule has 5 rings (SSSR count). The average Bonchev–Trinajstić information content (AvgIpc) is 3.42. The van der Waals surface area contributed by atoms with Crippen molar-refractivity contribution < 1.29 is 22.8 Å². The van der Waals surface area contributed by atoms with E-state index in [1.165, 1.54) is 6.07 Å². The zero-order chi connectivity index (χ0) is 20.7. The molecule has 0 saturated carbocycles. The van der Waals surface area contributed by atoms with Crippen LogP contribution >= 0.6 is 0 Å². The Morgan fingerprint density at radius 1 is 1.10 bits per heavy atom. The summed E-state index contributed by atoms with van der Waals surface area (Å²) in [5.74, 6) is -0.913. The van der Waals surface area contributed by atoms with Gasteiger partial charge in [0.05, 0.1) is 26.0 Å². The van der Waals surface area contributed by atoms with E-state index in [9.17, 15) is 8.78 Å². The number of halogens is 2. The smallest absolute Gasteiger partial charge is 0.280 e. The van der Waals surface area contributed by atoms with Crippen molar-refractivity contribution in [1.29, 1.82) is 0 Å². The van der Waals surface area contributed by atoms with E-state index >= 15 is 0 Å². The molecular formula is C20H15F2N5O3. The molecule has 0 saturated heterocycles. The minimum Gasteiger partial charge on any atom is -0.497 e. The predicted octanol–water partition coefficient (Wildman–Crippen LogP) is 3.55. The van der Waals surface area contributed by atoms with Crippen LogP contribution < -0.4 is 4.74 Å². The highest BCUT2D eigenvalue weighted by molar-refractivity contribution is 5.58. The Balaban J connectivity index is 1.39. The molecule has 2 aromatic carbocycles. The van der Waals surface area contributed by atoms with E-state index in [0.29, 0.717) is 23.5 Å². The molecule has 10 heteroatoms. The summed E-state index contributed by atoms with van der Waals surface area (Å²) >= 11 is 0. The Kier molecular flexibility index (Phi) is 4.47. The van der Waals surface area contributed by atoms with Crippen LogP contribution in [0, 0.1) is 11.6 Å². The number of rotatable bonds is 4. The zero-order valence-electron chi connectivity index (χ0n) is 15.7. The van der Waals surface area contributed by atoms with Gasteiger partial charge < -0.3 is 14.0 Å². The second-order valence-corrected chi connectivity index (χ2v) is 6.69. The third-order valence-electron chi connectivity index (χ3n) is 4.89. The first kappa shape index (κ1) is 18.4. The van der Waals surface area contributed by atoms with Crippen LogP contribution in [0.5, 0.6) is 5.75 Å². The topological polar surface area (TPSA) is 88.1 Å². The lowest BCUT2D eigenvalue weighted by atomic mass is 10.1. The van der Waals surface area contributed by atoms with Gasteiger partial charge in [-0.2, -0.15) is 4.98 Å². The quantitative estimate of drug-likeness (QED) is 0.507. The van der Waals surface area contributed by atoms with Crippen molar-refractivity contribution in [2.45, 2.75) is 19.3 Å². The zero-order valence-corrected chi connectivity index (χ0v) is 15.7. The van der Waals surface area contributed by atoms with Gasteiger partial charge in [0.1, 0.15) is 11.9 Å².